The number of aliphatic hydroxyl groups is 1. The van der Waals surface area contributed by atoms with E-state index < -0.39 is 6.10 Å². The van der Waals surface area contributed by atoms with Crippen molar-refractivity contribution in [1.82, 2.24) is 0 Å². The van der Waals surface area contributed by atoms with Crippen molar-refractivity contribution < 1.29 is 14.7 Å². The van der Waals surface area contributed by atoms with E-state index in [1.54, 1.807) is 4.90 Å². The van der Waals surface area contributed by atoms with Gasteiger partial charge in [-0.15, -0.1) is 0 Å². The molecule has 1 N–H and O–H groups in total. The minimum absolute atomic E-state index is 0.00329. The maximum Gasteiger partial charge on any atom is 0.227 e. The van der Waals surface area contributed by atoms with Gasteiger partial charge in [0.1, 0.15) is 0 Å². The highest BCUT2D eigenvalue weighted by molar-refractivity contribution is 6.03. The third kappa shape index (κ3) is 3.74. The molecule has 4 nitrogen and oxygen atoms in total. The van der Waals surface area contributed by atoms with Gasteiger partial charge in [0.15, 0.2) is 5.78 Å². The van der Waals surface area contributed by atoms with E-state index >= 15 is 0 Å². The summed E-state index contributed by atoms with van der Waals surface area (Å²) in [6.45, 7) is 3.67. The lowest BCUT2D eigenvalue weighted by Gasteiger charge is -2.23. The minimum Gasteiger partial charge on any atom is -0.388 e. The molecule has 1 amide bonds. The van der Waals surface area contributed by atoms with Gasteiger partial charge in [-0.3, -0.25) is 9.59 Å². The number of carbonyl (C=O) groups excluding carboxylic acids is 2. The summed E-state index contributed by atoms with van der Waals surface area (Å²) in [5.41, 5.74) is 1.61. The summed E-state index contributed by atoms with van der Waals surface area (Å²) in [6, 6.07) is 7.03. The summed E-state index contributed by atoms with van der Waals surface area (Å²) in [6.07, 6.45) is 4.58. The van der Waals surface area contributed by atoms with Crippen LogP contribution in [-0.4, -0.2) is 22.8 Å². The number of ketones is 1. The van der Waals surface area contributed by atoms with Crippen LogP contribution in [0.2, 0.25) is 0 Å². The fourth-order valence-corrected chi connectivity index (χ4v) is 3.00. The molecule has 0 aliphatic carbocycles. The molecule has 1 heterocycles. The molecule has 2 rings (SSSR count). The molecule has 22 heavy (non-hydrogen) atoms. The molecule has 0 aromatic heterocycles. The average molecular weight is 303 g/mol. The first kappa shape index (κ1) is 16.7. The molecule has 0 saturated carbocycles. The topological polar surface area (TPSA) is 57.6 Å². The molecular formula is C18H25NO3. The predicted octanol–water partition coefficient (Wildman–Crippen LogP) is 3.38. The molecule has 0 spiro atoms. The van der Waals surface area contributed by atoms with E-state index in [4.69, 9.17) is 0 Å². The largest absolute Gasteiger partial charge is 0.388 e. The van der Waals surface area contributed by atoms with Gasteiger partial charge < -0.3 is 10.0 Å². The molecule has 0 radical (unpaired) electrons. The zero-order chi connectivity index (χ0) is 16.1. The van der Waals surface area contributed by atoms with Gasteiger partial charge in [-0.2, -0.15) is 0 Å². The van der Waals surface area contributed by atoms with Gasteiger partial charge in [0, 0.05) is 12.1 Å². The van der Waals surface area contributed by atoms with Crippen molar-refractivity contribution in [3.63, 3.8) is 0 Å². The fraction of sp³-hybridized carbons (Fsp3) is 0.556. The molecule has 1 aromatic carbocycles. The van der Waals surface area contributed by atoms with E-state index in [1.807, 2.05) is 24.3 Å². The highest BCUT2D eigenvalue weighted by Crippen LogP contribution is 2.29. The summed E-state index contributed by atoms with van der Waals surface area (Å²) >= 11 is 0. The molecule has 120 valence electrons. The first-order chi connectivity index (χ1) is 10.5. The molecule has 2 atom stereocenters. The Balaban J connectivity index is 2.07. The lowest BCUT2D eigenvalue weighted by molar-refractivity contribution is -0.121. The molecule has 4 heteroatoms. The minimum atomic E-state index is -0.460. The van der Waals surface area contributed by atoms with Crippen LogP contribution in [0.4, 0.5) is 5.69 Å². The molecule has 1 saturated heterocycles. The number of carbonyl (C=O) groups is 2. The van der Waals surface area contributed by atoms with Crippen LogP contribution in [-0.2, 0) is 9.59 Å². The Morgan fingerprint density at radius 3 is 2.59 bits per heavy atom. The zero-order valence-electron chi connectivity index (χ0n) is 13.4. The van der Waals surface area contributed by atoms with E-state index in [2.05, 4.69) is 6.92 Å². The Kier molecular flexibility index (Phi) is 5.72. The number of benzene rings is 1. The Morgan fingerprint density at radius 1 is 1.32 bits per heavy atom. The van der Waals surface area contributed by atoms with Crippen molar-refractivity contribution in [1.29, 1.82) is 0 Å². The number of nitrogens with zero attached hydrogens (tertiary/aromatic N) is 1. The zero-order valence-corrected chi connectivity index (χ0v) is 13.4. The maximum atomic E-state index is 12.0. The second-order valence-corrected chi connectivity index (χ2v) is 6.03. The van der Waals surface area contributed by atoms with E-state index in [1.165, 1.54) is 6.92 Å². The first-order valence-corrected chi connectivity index (χ1v) is 8.15. The van der Waals surface area contributed by atoms with Crippen LogP contribution in [0, 0.1) is 0 Å². The van der Waals surface area contributed by atoms with E-state index in [0.717, 1.165) is 36.9 Å². The van der Waals surface area contributed by atoms with Crippen LogP contribution < -0.4 is 4.90 Å². The van der Waals surface area contributed by atoms with Crippen LogP contribution in [0.5, 0.6) is 0 Å². The molecule has 1 aliphatic rings. The highest BCUT2D eigenvalue weighted by Gasteiger charge is 2.34. The second-order valence-electron chi connectivity index (χ2n) is 6.03. The monoisotopic (exact) mass is 303 g/mol. The molecule has 1 fully saturated rings. The lowest BCUT2D eigenvalue weighted by atomic mass is 10.0. The van der Waals surface area contributed by atoms with Crippen LogP contribution in [0.3, 0.4) is 0 Å². The third-order valence-corrected chi connectivity index (χ3v) is 4.32. The first-order valence-electron chi connectivity index (χ1n) is 8.15. The smallest absolute Gasteiger partial charge is 0.227 e. The standard InChI is InChI=1S/C18H25NO3/c1-3-4-5-6-17(21)14-7-9-15(10-8-14)19-16(13(2)20)11-12-18(19)22/h7-10,16-17,21H,3-6,11-12H2,1-2H3. The van der Waals surface area contributed by atoms with Gasteiger partial charge in [-0.05, 0) is 37.5 Å². The number of anilines is 1. The molecule has 1 aliphatic heterocycles. The Hall–Kier alpha value is -1.68. The number of hydrogen-bond donors (Lipinski definition) is 1. The summed E-state index contributed by atoms with van der Waals surface area (Å²) in [5.74, 6) is 0.0194. The van der Waals surface area contributed by atoms with Crippen molar-refractivity contribution >= 4 is 17.4 Å². The molecule has 0 bridgehead atoms. The maximum absolute atomic E-state index is 12.0. The summed E-state index contributed by atoms with van der Waals surface area (Å²) < 4.78 is 0. The van der Waals surface area contributed by atoms with Gasteiger partial charge in [0.2, 0.25) is 5.91 Å². The molecular weight excluding hydrogens is 278 g/mol. The molecule has 1 aromatic rings. The second kappa shape index (κ2) is 7.54. The van der Waals surface area contributed by atoms with Gasteiger partial charge in [0.25, 0.3) is 0 Å². The van der Waals surface area contributed by atoms with Crippen molar-refractivity contribution in [3.05, 3.63) is 29.8 Å². The van der Waals surface area contributed by atoms with Crippen LogP contribution in [0.1, 0.15) is 64.0 Å². The summed E-state index contributed by atoms with van der Waals surface area (Å²) in [7, 11) is 0. The SMILES string of the molecule is CCCCCC(O)c1ccc(N2C(=O)CCC2C(C)=O)cc1. The van der Waals surface area contributed by atoms with Crippen LogP contribution in [0.25, 0.3) is 0 Å². The normalized spacial score (nSPS) is 19.5. The quantitative estimate of drug-likeness (QED) is 0.786. The Labute approximate surface area is 132 Å². The van der Waals surface area contributed by atoms with Gasteiger partial charge in [0.05, 0.1) is 12.1 Å². The lowest BCUT2D eigenvalue weighted by Crippen LogP contribution is -2.37. The van der Waals surface area contributed by atoms with Crippen molar-refractivity contribution in [3.8, 4) is 0 Å². The Morgan fingerprint density at radius 2 is 2.00 bits per heavy atom. The van der Waals surface area contributed by atoms with Gasteiger partial charge in [-0.1, -0.05) is 38.3 Å². The fourth-order valence-electron chi connectivity index (χ4n) is 3.00. The number of amides is 1. The van der Waals surface area contributed by atoms with Gasteiger partial charge in [-0.25, -0.2) is 0 Å². The number of hydrogen-bond acceptors (Lipinski definition) is 3. The highest BCUT2D eigenvalue weighted by atomic mass is 16.3. The number of aliphatic hydroxyl groups excluding tert-OH is 1. The van der Waals surface area contributed by atoms with E-state index in [0.29, 0.717) is 12.8 Å². The van der Waals surface area contributed by atoms with Crippen molar-refractivity contribution in [2.24, 2.45) is 0 Å². The average Bonchev–Trinajstić information content (AvgIpc) is 2.89. The van der Waals surface area contributed by atoms with Crippen LogP contribution in [0.15, 0.2) is 24.3 Å². The molecule has 2 unspecified atom stereocenters. The summed E-state index contributed by atoms with van der Waals surface area (Å²) in [5, 5.41) is 10.2. The number of Topliss-reactive ketones (excluding diaryl/α,β-unsaturated/α-hetero) is 1. The summed E-state index contributed by atoms with van der Waals surface area (Å²) in [4.78, 5) is 25.3. The third-order valence-electron chi connectivity index (χ3n) is 4.32. The van der Waals surface area contributed by atoms with Crippen LogP contribution >= 0.6 is 0 Å². The van der Waals surface area contributed by atoms with Crippen molar-refractivity contribution in [2.75, 3.05) is 4.90 Å². The predicted molar refractivity (Wildman–Crippen MR) is 86.7 cm³/mol. The van der Waals surface area contributed by atoms with Gasteiger partial charge >= 0.3 is 0 Å². The van der Waals surface area contributed by atoms with E-state index in [-0.39, 0.29) is 17.7 Å². The Bertz CT molecular complexity index is 524. The van der Waals surface area contributed by atoms with Crippen molar-refractivity contribution in [2.45, 2.75) is 64.5 Å². The van der Waals surface area contributed by atoms with E-state index in [9.17, 15) is 14.7 Å². The number of rotatable bonds is 7. The number of unbranched alkanes of at least 4 members (excludes halogenated alkanes) is 2.